The summed E-state index contributed by atoms with van der Waals surface area (Å²) in [5.74, 6) is 0.373. The number of pyridine rings is 1. The van der Waals surface area contributed by atoms with E-state index in [9.17, 15) is 9.18 Å². The van der Waals surface area contributed by atoms with Crippen molar-refractivity contribution in [3.8, 4) is 5.75 Å². The van der Waals surface area contributed by atoms with Crippen molar-refractivity contribution in [1.82, 2.24) is 4.98 Å². The molecule has 2 rings (SSSR count). The maximum Gasteiger partial charge on any atom is 0.248 e. The van der Waals surface area contributed by atoms with Gasteiger partial charge in [-0.25, -0.2) is 4.39 Å². The highest BCUT2D eigenvalue weighted by atomic mass is 19.1. The van der Waals surface area contributed by atoms with Crippen molar-refractivity contribution in [1.29, 1.82) is 0 Å². The number of H-pyrrole nitrogens is 1. The number of benzene rings is 1. The third-order valence-electron chi connectivity index (χ3n) is 2.87. The maximum absolute atomic E-state index is 12.4. The molecule has 0 aliphatic carbocycles. The number of fused-ring (bicyclic) bond motifs is 1. The Balaban J connectivity index is 2.74. The molecule has 0 saturated heterocycles. The first-order chi connectivity index (χ1) is 8.41. The van der Waals surface area contributed by atoms with E-state index in [1.54, 1.807) is 12.1 Å². The molecule has 0 aliphatic heterocycles. The molecule has 4 heteroatoms. The van der Waals surface area contributed by atoms with Crippen molar-refractivity contribution >= 4 is 10.9 Å². The van der Waals surface area contributed by atoms with Crippen molar-refractivity contribution in [3.63, 3.8) is 0 Å². The van der Waals surface area contributed by atoms with Crippen LogP contribution >= 0.6 is 0 Å². The van der Waals surface area contributed by atoms with Gasteiger partial charge in [0.25, 0.3) is 0 Å². The van der Waals surface area contributed by atoms with Crippen LogP contribution in [0, 0.1) is 0 Å². The van der Waals surface area contributed by atoms with Crippen molar-refractivity contribution in [2.24, 2.45) is 0 Å². The van der Waals surface area contributed by atoms with Gasteiger partial charge in [0.1, 0.15) is 5.75 Å². The average molecular weight is 249 g/mol. The first-order valence-corrected chi connectivity index (χ1v) is 5.78. The summed E-state index contributed by atoms with van der Waals surface area (Å²) in [5.41, 5.74) is 1.27. The molecule has 0 unspecified atom stereocenters. The van der Waals surface area contributed by atoms with Crippen LogP contribution in [0.5, 0.6) is 5.75 Å². The minimum Gasteiger partial charge on any atom is -0.461 e. The largest absolute Gasteiger partial charge is 0.461 e. The maximum atomic E-state index is 12.4. The molecule has 1 aromatic heterocycles. The van der Waals surface area contributed by atoms with Crippen LogP contribution < -0.4 is 10.3 Å². The van der Waals surface area contributed by atoms with Crippen LogP contribution in [0.25, 0.3) is 10.9 Å². The second kappa shape index (κ2) is 4.44. The van der Waals surface area contributed by atoms with Crippen LogP contribution in [0.2, 0.25) is 0 Å². The number of aromatic nitrogens is 1. The van der Waals surface area contributed by atoms with Crippen LogP contribution in [0.15, 0.2) is 29.1 Å². The van der Waals surface area contributed by atoms with Crippen LogP contribution in [-0.2, 0) is 5.41 Å². The number of aromatic amines is 1. The standard InChI is InChI=1S/C14H16FNO2/c1-14(2,3)10-6-9-4-5-12(17)16-13(9)11(7-10)18-8-15/h4-7H,8H2,1-3H3,(H,16,17). The molecule has 0 saturated carbocycles. The molecule has 0 fully saturated rings. The van der Waals surface area contributed by atoms with Crippen molar-refractivity contribution < 1.29 is 9.13 Å². The number of nitrogens with one attached hydrogen (secondary N) is 1. The lowest BCUT2D eigenvalue weighted by Gasteiger charge is -2.20. The first kappa shape index (κ1) is 12.6. The lowest BCUT2D eigenvalue weighted by Crippen LogP contribution is -2.12. The Morgan fingerprint density at radius 1 is 1.28 bits per heavy atom. The van der Waals surface area contributed by atoms with Crippen molar-refractivity contribution in [2.75, 3.05) is 6.86 Å². The fourth-order valence-corrected chi connectivity index (χ4v) is 1.84. The Morgan fingerprint density at radius 2 is 2.00 bits per heavy atom. The lowest BCUT2D eigenvalue weighted by molar-refractivity contribution is 0.193. The van der Waals surface area contributed by atoms with Gasteiger partial charge in [-0.15, -0.1) is 0 Å². The summed E-state index contributed by atoms with van der Waals surface area (Å²) >= 11 is 0. The topological polar surface area (TPSA) is 42.1 Å². The molecule has 1 N–H and O–H groups in total. The van der Waals surface area contributed by atoms with Crippen LogP contribution in [0.3, 0.4) is 0 Å². The van der Waals surface area contributed by atoms with E-state index in [0.29, 0.717) is 11.3 Å². The molecule has 2 aromatic rings. The van der Waals surface area contributed by atoms with Crippen molar-refractivity contribution in [2.45, 2.75) is 26.2 Å². The van der Waals surface area contributed by atoms with E-state index in [1.165, 1.54) is 6.07 Å². The quantitative estimate of drug-likeness (QED) is 0.888. The second-order valence-electron chi connectivity index (χ2n) is 5.26. The van der Waals surface area contributed by atoms with Gasteiger partial charge in [0.15, 0.2) is 0 Å². The molecular weight excluding hydrogens is 233 g/mol. The third kappa shape index (κ3) is 2.37. The number of halogens is 1. The molecule has 1 aromatic carbocycles. The Labute approximate surface area is 105 Å². The van der Waals surface area contributed by atoms with Gasteiger partial charge in [0.2, 0.25) is 12.4 Å². The summed E-state index contributed by atoms with van der Waals surface area (Å²) in [6.07, 6.45) is 0. The van der Waals surface area contributed by atoms with Gasteiger partial charge >= 0.3 is 0 Å². The third-order valence-corrected chi connectivity index (χ3v) is 2.87. The Bertz CT molecular complexity index is 626. The second-order valence-corrected chi connectivity index (χ2v) is 5.26. The molecule has 0 aliphatic rings. The molecule has 0 spiro atoms. The van der Waals surface area contributed by atoms with Gasteiger partial charge in [0.05, 0.1) is 5.52 Å². The minimum atomic E-state index is -0.917. The van der Waals surface area contributed by atoms with Gasteiger partial charge in [-0.3, -0.25) is 4.79 Å². The van der Waals surface area contributed by atoms with Crippen LogP contribution in [-0.4, -0.2) is 11.8 Å². The summed E-state index contributed by atoms with van der Waals surface area (Å²) in [6.45, 7) is 5.29. The molecule has 0 amide bonds. The SMILES string of the molecule is CC(C)(C)c1cc(OCF)c2[nH]c(=O)ccc2c1. The number of hydrogen-bond donors (Lipinski definition) is 1. The highest BCUT2D eigenvalue weighted by molar-refractivity contribution is 5.85. The predicted octanol–water partition coefficient (Wildman–Crippen LogP) is 3.13. The number of ether oxygens (including phenoxy) is 1. The predicted molar refractivity (Wildman–Crippen MR) is 69.9 cm³/mol. The highest BCUT2D eigenvalue weighted by Crippen LogP contribution is 2.31. The fraction of sp³-hybridized carbons (Fsp3) is 0.357. The first-order valence-electron chi connectivity index (χ1n) is 5.78. The Kier molecular flexibility index (Phi) is 3.11. The molecule has 3 nitrogen and oxygen atoms in total. The van der Waals surface area contributed by atoms with E-state index in [-0.39, 0.29) is 11.0 Å². The van der Waals surface area contributed by atoms with Gasteiger partial charge < -0.3 is 9.72 Å². The zero-order valence-corrected chi connectivity index (χ0v) is 10.7. The summed E-state index contributed by atoms with van der Waals surface area (Å²) < 4.78 is 17.4. The highest BCUT2D eigenvalue weighted by Gasteiger charge is 2.17. The molecular formula is C14H16FNO2. The van der Waals surface area contributed by atoms with E-state index >= 15 is 0 Å². The smallest absolute Gasteiger partial charge is 0.248 e. The van der Waals surface area contributed by atoms with E-state index in [1.807, 2.05) is 6.07 Å². The van der Waals surface area contributed by atoms with Crippen molar-refractivity contribution in [3.05, 3.63) is 40.2 Å². The number of rotatable bonds is 2. The van der Waals surface area contributed by atoms with Gasteiger partial charge in [0, 0.05) is 11.5 Å². The normalized spacial score (nSPS) is 11.8. The Morgan fingerprint density at radius 3 is 2.61 bits per heavy atom. The lowest BCUT2D eigenvalue weighted by atomic mass is 9.86. The van der Waals surface area contributed by atoms with E-state index in [0.717, 1.165) is 10.9 Å². The van der Waals surface area contributed by atoms with E-state index in [4.69, 9.17) is 4.74 Å². The summed E-state index contributed by atoms with van der Waals surface area (Å²) in [5, 5.41) is 0.838. The van der Waals surface area contributed by atoms with Gasteiger partial charge in [-0.2, -0.15) is 0 Å². The summed E-state index contributed by atoms with van der Waals surface area (Å²) in [6, 6.07) is 6.93. The zero-order chi connectivity index (χ0) is 13.3. The van der Waals surface area contributed by atoms with Crippen LogP contribution in [0.1, 0.15) is 26.3 Å². The Hall–Kier alpha value is -1.84. The van der Waals surface area contributed by atoms with Gasteiger partial charge in [-0.1, -0.05) is 20.8 Å². The van der Waals surface area contributed by atoms with E-state index < -0.39 is 6.86 Å². The molecule has 0 atom stereocenters. The summed E-state index contributed by atoms with van der Waals surface area (Å²) in [4.78, 5) is 14.0. The zero-order valence-electron chi connectivity index (χ0n) is 10.7. The summed E-state index contributed by atoms with van der Waals surface area (Å²) in [7, 11) is 0. The molecule has 18 heavy (non-hydrogen) atoms. The van der Waals surface area contributed by atoms with E-state index in [2.05, 4.69) is 25.8 Å². The van der Waals surface area contributed by atoms with Gasteiger partial charge in [-0.05, 0) is 29.2 Å². The van der Waals surface area contributed by atoms with Crippen LogP contribution in [0.4, 0.5) is 4.39 Å². The molecule has 96 valence electrons. The number of alkyl halides is 1. The molecule has 0 bridgehead atoms. The molecule has 0 radical (unpaired) electrons. The monoisotopic (exact) mass is 249 g/mol. The average Bonchev–Trinajstić information content (AvgIpc) is 2.28. The minimum absolute atomic E-state index is 0.0707. The fourth-order valence-electron chi connectivity index (χ4n) is 1.84. The molecule has 1 heterocycles. The number of hydrogen-bond acceptors (Lipinski definition) is 2.